The van der Waals surface area contributed by atoms with Crippen molar-refractivity contribution in [2.45, 2.75) is 31.8 Å². The summed E-state index contributed by atoms with van der Waals surface area (Å²) >= 11 is 0. The van der Waals surface area contributed by atoms with Gasteiger partial charge in [-0.1, -0.05) is 6.07 Å². The van der Waals surface area contributed by atoms with Gasteiger partial charge in [0.1, 0.15) is 11.5 Å². The third-order valence-corrected chi connectivity index (χ3v) is 2.94. The maximum absolute atomic E-state index is 9.98. The lowest BCUT2D eigenvalue weighted by atomic mass is 10.0. The van der Waals surface area contributed by atoms with Crippen LogP contribution in [0.5, 0.6) is 11.5 Å². The summed E-state index contributed by atoms with van der Waals surface area (Å²) in [6.07, 6.45) is 2.36. The molecule has 0 atom stereocenters. The molecular weight excluding hydrogens is 204 g/mol. The molecule has 0 radical (unpaired) electrons. The van der Waals surface area contributed by atoms with E-state index in [-0.39, 0.29) is 0 Å². The SMILES string of the molecule is CCOc1cccc(OC)c1CC1(O)CC1. The Morgan fingerprint density at radius 1 is 1.31 bits per heavy atom. The molecule has 1 aliphatic rings. The molecule has 1 aliphatic carbocycles. The summed E-state index contributed by atoms with van der Waals surface area (Å²) in [5, 5.41) is 9.98. The normalized spacial score (nSPS) is 16.9. The smallest absolute Gasteiger partial charge is 0.126 e. The van der Waals surface area contributed by atoms with Crippen molar-refractivity contribution in [1.82, 2.24) is 0 Å². The Kier molecular flexibility index (Phi) is 3.06. The van der Waals surface area contributed by atoms with Gasteiger partial charge < -0.3 is 14.6 Å². The van der Waals surface area contributed by atoms with Crippen LogP contribution in [0.4, 0.5) is 0 Å². The highest BCUT2D eigenvalue weighted by Crippen LogP contribution is 2.42. The molecule has 2 rings (SSSR count). The molecule has 0 bridgehead atoms. The number of hydrogen-bond donors (Lipinski definition) is 1. The van der Waals surface area contributed by atoms with Gasteiger partial charge >= 0.3 is 0 Å². The summed E-state index contributed by atoms with van der Waals surface area (Å²) in [6.45, 7) is 2.58. The van der Waals surface area contributed by atoms with Crippen molar-refractivity contribution in [2.75, 3.05) is 13.7 Å². The molecule has 0 unspecified atom stereocenters. The first-order valence-corrected chi connectivity index (χ1v) is 5.69. The lowest BCUT2D eigenvalue weighted by molar-refractivity contribution is 0.148. The van der Waals surface area contributed by atoms with Gasteiger partial charge in [-0.05, 0) is 31.9 Å². The van der Waals surface area contributed by atoms with Gasteiger partial charge in [0.05, 0.1) is 19.3 Å². The second-order valence-corrected chi connectivity index (χ2v) is 4.27. The van der Waals surface area contributed by atoms with Crippen molar-refractivity contribution in [2.24, 2.45) is 0 Å². The number of hydrogen-bond acceptors (Lipinski definition) is 3. The van der Waals surface area contributed by atoms with Gasteiger partial charge in [0.25, 0.3) is 0 Å². The molecule has 1 saturated carbocycles. The van der Waals surface area contributed by atoms with E-state index in [1.54, 1.807) is 7.11 Å². The van der Waals surface area contributed by atoms with E-state index in [0.717, 1.165) is 29.9 Å². The fraction of sp³-hybridized carbons (Fsp3) is 0.538. The summed E-state index contributed by atoms with van der Waals surface area (Å²) < 4.78 is 10.9. The van der Waals surface area contributed by atoms with E-state index >= 15 is 0 Å². The molecule has 1 aromatic carbocycles. The molecule has 0 spiro atoms. The van der Waals surface area contributed by atoms with Crippen molar-refractivity contribution in [1.29, 1.82) is 0 Å². The van der Waals surface area contributed by atoms with Crippen LogP contribution in [0.2, 0.25) is 0 Å². The van der Waals surface area contributed by atoms with E-state index in [1.165, 1.54) is 0 Å². The summed E-state index contributed by atoms with van der Waals surface area (Å²) in [5.74, 6) is 1.62. The Hall–Kier alpha value is -1.22. The highest BCUT2D eigenvalue weighted by atomic mass is 16.5. The van der Waals surface area contributed by atoms with Crippen LogP contribution >= 0.6 is 0 Å². The minimum absolute atomic E-state index is 0.527. The van der Waals surface area contributed by atoms with Crippen molar-refractivity contribution in [3.05, 3.63) is 23.8 Å². The fourth-order valence-electron chi connectivity index (χ4n) is 1.85. The molecule has 16 heavy (non-hydrogen) atoms. The predicted octanol–water partition coefficient (Wildman–Crippen LogP) is 2.16. The zero-order chi connectivity index (χ0) is 11.6. The number of ether oxygens (including phenoxy) is 2. The first kappa shape index (κ1) is 11.3. The Morgan fingerprint density at radius 2 is 2.00 bits per heavy atom. The molecule has 3 heteroatoms. The van der Waals surface area contributed by atoms with Crippen LogP contribution in [-0.2, 0) is 6.42 Å². The van der Waals surface area contributed by atoms with Gasteiger partial charge in [-0.25, -0.2) is 0 Å². The molecule has 3 nitrogen and oxygen atoms in total. The van der Waals surface area contributed by atoms with Crippen LogP contribution in [0.1, 0.15) is 25.3 Å². The zero-order valence-electron chi connectivity index (χ0n) is 9.82. The monoisotopic (exact) mass is 222 g/mol. The second-order valence-electron chi connectivity index (χ2n) is 4.27. The summed E-state index contributed by atoms with van der Waals surface area (Å²) in [5.41, 5.74) is 0.451. The van der Waals surface area contributed by atoms with Gasteiger partial charge in [-0.3, -0.25) is 0 Å². The third-order valence-electron chi connectivity index (χ3n) is 2.94. The number of rotatable bonds is 5. The molecule has 0 aromatic heterocycles. The van der Waals surface area contributed by atoms with E-state index in [9.17, 15) is 5.11 Å². The molecule has 0 heterocycles. The third kappa shape index (κ3) is 2.30. The first-order valence-electron chi connectivity index (χ1n) is 5.69. The second kappa shape index (κ2) is 4.34. The van der Waals surface area contributed by atoms with Crippen LogP contribution in [0.15, 0.2) is 18.2 Å². The summed E-state index contributed by atoms with van der Waals surface area (Å²) in [7, 11) is 1.64. The molecule has 88 valence electrons. The van der Waals surface area contributed by atoms with Gasteiger partial charge in [-0.15, -0.1) is 0 Å². The van der Waals surface area contributed by atoms with E-state index in [4.69, 9.17) is 9.47 Å². The lowest BCUT2D eigenvalue weighted by Crippen LogP contribution is -2.13. The van der Waals surface area contributed by atoms with Gasteiger partial charge in [0, 0.05) is 12.0 Å². The Bertz CT molecular complexity index is 369. The van der Waals surface area contributed by atoms with Gasteiger partial charge in [0.2, 0.25) is 0 Å². The lowest BCUT2D eigenvalue weighted by Gasteiger charge is -2.16. The number of aliphatic hydroxyl groups is 1. The summed E-state index contributed by atoms with van der Waals surface area (Å²) in [4.78, 5) is 0. The number of methoxy groups -OCH3 is 1. The van der Waals surface area contributed by atoms with Crippen molar-refractivity contribution in [3.8, 4) is 11.5 Å². The molecule has 1 fully saturated rings. The maximum Gasteiger partial charge on any atom is 0.126 e. The molecular formula is C13H18O3. The average Bonchev–Trinajstić information content (AvgIpc) is 2.99. The minimum atomic E-state index is -0.527. The van der Waals surface area contributed by atoms with Crippen LogP contribution < -0.4 is 9.47 Å². The van der Waals surface area contributed by atoms with Crippen LogP contribution in [-0.4, -0.2) is 24.4 Å². The highest BCUT2D eigenvalue weighted by Gasteiger charge is 2.41. The van der Waals surface area contributed by atoms with Gasteiger partial charge in [-0.2, -0.15) is 0 Å². The molecule has 1 aromatic rings. The van der Waals surface area contributed by atoms with Crippen LogP contribution in [0, 0.1) is 0 Å². The van der Waals surface area contributed by atoms with E-state index in [2.05, 4.69) is 0 Å². The quantitative estimate of drug-likeness (QED) is 0.829. The Labute approximate surface area is 96.0 Å². The molecule has 0 aliphatic heterocycles. The Balaban J connectivity index is 2.29. The van der Waals surface area contributed by atoms with Crippen LogP contribution in [0.3, 0.4) is 0 Å². The first-order chi connectivity index (χ1) is 7.68. The number of benzene rings is 1. The van der Waals surface area contributed by atoms with E-state index in [0.29, 0.717) is 13.0 Å². The van der Waals surface area contributed by atoms with Gasteiger partial charge in [0.15, 0.2) is 0 Å². The van der Waals surface area contributed by atoms with E-state index < -0.39 is 5.60 Å². The van der Waals surface area contributed by atoms with Crippen molar-refractivity contribution in [3.63, 3.8) is 0 Å². The molecule has 0 amide bonds. The maximum atomic E-state index is 9.98. The molecule has 0 saturated heterocycles. The zero-order valence-corrected chi connectivity index (χ0v) is 9.82. The minimum Gasteiger partial charge on any atom is -0.496 e. The average molecular weight is 222 g/mol. The highest BCUT2D eigenvalue weighted by molar-refractivity contribution is 5.46. The molecule has 1 N–H and O–H groups in total. The largest absolute Gasteiger partial charge is 0.496 e. The Morgan fingerprint density at radius 3 is 2.56 bits per heavy atom. The fourth-order valence-corrected chi connectivity index (χ4v) is 1.85. The standard InChI is InChI=1S/C13H18O3/c1-3-16-12-6-4-5-11(15-2)10(12)9-13(14)7-8-13/h4-6,14H,3,7-9H2,1-2H3. The predicted molar refractivity (Wildman–Crippen MR) is 62.1 cm³/mol. The van der Waals surface area contributed by atoms with Crippen molar-refractivity contribution >= 4 is 0 Å². The van der Waals surface area contributed by atoms with E-state index in [1.807, 2.05) is 25.1 Å². The topological polar surface area (TPSA) is 38.7 Å². The summed E-state index contributed by atoms with van der Waals surface area (Å²) in [6, 6.07) is 5.74. The van der Waals surface area contributed by atoms with Crippen molar-refractivity contribution < 1.29 is 14.6 Å². The van der Waals surface area contributed by atoms with Crippen LogP contribution in [0.25, 0.3) is 0 Å².